The molecule has 3 aromatic carbocycles. The lowest BCUT2D eigenvalue weighted by Crippen LogP contribution is -2.22. The molecule has 2 fully saturated rings. The van der Waals surface area contributed by atoms with Crippen molar-refractivity contribution in [2.24, 2.45) is 0 Å². The molecular formula is C29H24FN5O3. The van der Waals surface area contributed by atoms with Crippen LogP contribution in [0.5, 0.6) is 0 Å². The minimum atomic E-state index is -0.711. The number of urea groups is 1. The molecule has 1 unspecified atom stereocenters. The van der Waals surface area contributed by atoms with Crippen LogP contribution in [0.4, 0.5) is 9.18 Å². The molecule has 3 N–H and O–H groups in total. The minimum absolute atomic E-state index is 0.229. The lowest BCUT2D eigenvalue weighted by atomic mass is 9.89. The molecule has 0 radical (unpaired) electrons. The lowest BCUT2D eigenvalue weighted by molar-refractivity contribution is -0.120. The molecule has 8 nitrogen and oxygen atoms in total. The Morgan fingerprint density at radius 1 is 0.974 bits per heavy atom. The first-order valence-corrected chi connectivity index (χ1v) is 12.6. The molecule has 0 spiro atoms. The third-order valence-electron chi connectivity index (χ3n) is 7.56. The number of hydrogen-bond donors (Lipinski definition) is 3. The van der Waals surface area contributed by atoms with Gasteiger partial charge in [-0.25, -0.2) is 9.18 Å². The maximum absolute atomic E-state index is 13.9. The standard InChI is InChI=1S/C29H24FN5O3/c30-20-5-7-21(8-6-20)35-24-13-19-15-31-34-23(19)14-22(24)25(27(35)18-9-11-38-12-10-18)16-1-3-17(4-2-16)26-28(36)33-29(37)32-26/h1-8,13-15,18,26H,9-12H2,(H,31,34)(H2,32,33,36,37). The van der Waals surface area contributed by atoms with Crippen LogP contribution >= 0.6 is 0 Å². The van der Waals surface area contributed by atoms with E-state index in [1.165, 1.54) is 12.1 Å². The van der Waals surface area contributed by atoms with Crippen molar-refractivity contribution < 1.29 is 18.7 Å². The van der Waals surface area contributed by atoms with Crippen LogP contribution in [0.25, 0.3) is 38.6 Å². The van der Waals surface area contributed by atoms with Crippen LogP contribution in [-0.2, 0) is 9.53 Å². The number of carbonyl (C=O) groups is 2. The summed E-state index contributed by atoms with van der Waals surface area (Å²) in [5.41, 5.74) is 6.75. The number of fused-ring (bicyclic) bond motifs is 2. The Morgan fingerprint density at radius 2 is 1.74 bits per heavy atom. The van der Waals surface area contributed by atoms with Gasteiger partial charge < -0.3 is 14.6 Å². The molecule has 2 aliphatic rings. The summed E-state index contributed by atoms with van der Waals surface area (Å²) in [7, 11) is 0. The Kier molecular flexibility index (Phi) is 5.26. The Hall–Kier alpha value is -4.50. The molecule has 38 heavy (non-hydrogen) atoms. The second-order valence-electron chi connectivity index (χ2n) is 9.80. The zero-order valence-corrected chi connectivity index (χ0v) is 20.3. The topological polar surface area (TPSA) is 101 Å². The number of benzene rings is 3. The van der Waals surface area contributed by atoms with Crippen molar-refractivity contribution >= 4 is 33.7 Å². The van der Waals surface area contributed by atoms with E-state index in [0.29, 0.717) is 18.8 Å². The van der Waals surface area contributed by atoms with Gasteiger partial charge in [-0.1, -0.05) is 24.3 Å². The normalized spacial score (nSPS) is 18.3. The van der Waals surface area contributed by atoms with Crippen LogP contribution in [-0.4, -0.2) is 39.9 Å². The number of rotatable bonds is 4. The van der Waals surface area contributed by atoms with Crippen molar-refractivity contribution in [1.29, 1.82) is 0 Å². The molecule has 7 rings (SSSR count). The Morgan fingerprint density at radius 3 is 2.45 bits per heavy atom. The highest BCUT2D eigenvalue weighted by molar-refractivity contribution is 6.06. The lowest BCUT2D eigenvalue weighted by Gasteiger charge is -2.26. The average molecular weight is 510 g/mol. The first-order valence-electron chi connectivity index (χ1n) is 12.6. The van der Waals surface area contributed by atoms with Crippen molar-refractivity contribution in [3.05, 3.63) is 83.9 Å². The summed E-state index contributed by atoms with van der Waals surface area (Å²) >= 11 is 0. The molecule has 1 atom stereocenters. The van der Waals surface area contributed by atoms with Gasteiger partial charge in [-0.3, -0.25) is 15.2 Å². The number of hydrogen-bond acceptors (Lipinski definition) is 4. The third-order valence-corrected chi connectivity index (χ3v) is 7.56. The Labute approximate surface area is 216 Å². The summed E-state index contributed by atoms with van der Waals surface area (Å²) in [5.74, 6) is -0.415. The van der Waals surface area contributed by atoms with Gasteiger partial charge in [0.15, 0.2) is 0 Å². The van der Waals surface area contributed by atoms with Crippen LogP contribution in [0, 0.1) is 5.82 Å². The second-order valence-corrected chi connectivity index (χ2v) is 9.80. The summed E-state index contributed by atoms with van der Waals surface area (Å²) in [5, 5.41) is 14.3. The molecule has 2 aromatic heterocycles. The van der Waals surface area contributed by atoms with E-state index >= 15 is 0 Å². The fraction of sp³-hybridized carbons (Fsp3) is 0.207. The van der Waals surface area contributed by atoms with Crippen molar-refractivity contribution in [2.75, 3.05) is 13.2 Å². The van der Waals surface area contributed by atoms with E-state index in [9.17, 15) is 14.0 Å². The molecule has 2 aliphatic heterocycles. The monoisotopic (exact) mass is 509 g/mol. The average Bonchev–Trinajstić information content (AvgIpc) is 3.63. The number of nitrogens with one attached hydrogen (secondary N) is 3. The van der Waals surface area contributed by atoms with Crippen LogP contribution in [0.2, 0.25) is 0 Å². The van der Waals surface area contributed by atoms with Crippen LogP contribution in [0.15, 0.2) is 66.9 Å². The van der Waals surface area contributed by atoms with E-state index in [-0.39, 0.29) is 17.6 Å². The molecule has 190 valence electrons. The quantitative estimate of drug-likeness (QED) is 0.294. The third kappa shape index (κ3) is 3.66. The number of ether oxygens (including phenoxy) is 1. The highest BCUT2D eigenvalue weighted by Gasteiger charge is 2.32. The van der Waals surface area contributed by atoms with Gasteiger partial charge in [-0.2, -0.15) is 5.10 Å². The van der Waals surface area contributed by atoms with Gasteiger partial charge in [0.05, 0.1) is 17.2 Å². The second kappa shape index (κ2) is 8.81. The van der Waals surface area contributed by atoms with Gasteiger partial charge in [0.1, 0.15) is 11.9 Å². The zero-order chi connectivity index (χ0) is 25.8. The predicted molar refractivity (Wildman–Crippen MR) is 141 cm³/mol. The number of aromatic amines is 1. The van der Waals surface area contributed by atoms with Crippen molar-refractivity contribution in [2.45, 2.75) is 24.8 Å². The van der Waals surface area contributed by atoms with Gasteiger partial charge in [0.25, 0.3) is 5.91 Å². The van der Waals surface area contributed by atoms with Crippen LogP contribution in [0.1, 0.15) is 36.1 Å². The number of aromatic nitrogens is 3. The van der Waals surface area contributed by atoms with Gasteiger partial charge >= 0.3 is 6.03 Å². The molecule has 5 aromatic rings. The van der Waals surface area contributed by atoms with Gasteiger partial charge in [0.2, 0.25) is 0 Å². The molecule has 3 amide bonds. The molecule has 0 bridgehead atoms. The summed E-state index contributed by atoms with van der Waals surface area (Å²) < 4.78 is 21.9. The SMILES string of the molecule is O=C1NC(=O)C(c2ccc(-c3c(C4CCOCC4)n(-c4ccc(F)cc4)c4cc5cn[nH]c5cc34)cc2)N1. The van der Waals surface area contributed by atoms with E-state index in [2.05, 4.69) is 37.5 Å². The maximum atomic E-state index is 13.9. The number of H-pyrrole nitrogens is 1. The van der Waals surface area contributed by atoms with Gasteiger partial charge in [0, 0.05) is 46.8 Å². The van der Waals surface area contributed by atoms with Gasteiger partial charge in [-0.05, 0) is 60.4 Å². The highest BCUT2D eigenvalue weighted by atomic mass is 19.1. The Bertz CT molecular complexity index is 1700. The molecule has 0 saturated carbocycles. The molecule has 4 heterocycles. The van der Waals surface area contributed by atoms with Crippen molar-refractivity contribution in [3.63, 3.8) is 0 Å². The van der Waals surface area contributed by atoms with E-state index < -0.39 is 12.1 Å². The number of carbonyl (C=O) groups excluding carboxylic acids is 2. The summed E-state index contributed by atoms with van der Waals surface area (Å²) in [6.07, 6.45) is 3.55. The van der Waals surface area contributed by atoms with Gasteiger partial charge in [-0.15, -0.1) is 0 Å². The smallest absolute Gasteiger partial charge is 0.322 e. The van der Waals surface area contributed by atoms with E-state index in [1.54, 1.807) is 6.20 Å². The number of amides is 3. The maximum Gasteiger partial charge on any atom is 0.322 e. The van der Waals surface area contributed by atoms with E-state index in [4.69, 9.17) is 4.74 Å². The van der Waals surface area contributed by atoms with Crippen molar-refractivity contribution in [1.82, 2.24) is 25.4 Å². The fourth-order valence-corrected chi connectivity index (χ4v) is 5.77. The van der Waals surface area contributed by atoms with Crippen LogP contribution < -0.4 is 10.6 Å². The number of imide groups is 1. The molecular weight excluding hydrogens is 485 g/mol. The molecule has 0 aliphatic carbocycles. The number of nitrogens with zero attached hydrogens (tertiary/aromatic N) is 2. The molecule has 9 heteroatoms. The van der Waals surface area contributed by atoms with E-state index in [1.807, 2.05) is 36.4 Å². The van der Waals surface area contributed by atoms with Crippen molar-refractivity contribution in [3.8, 4) is 16.8 Å². The first kappa shape index (κ1) is 22.7. The highest BCUT2D eigenvalue weighted by Crippen LogP contribution is 2.44. The first-order chi connectivity index (χ1) is 18.6. The Balaban J connectivity index is 1.48. The summed E-state index contributed by atoms with van der Waals surface area (Å²) in [4.78, 5) is 23.9. The minimum Gasteiger partial charge on any atom is -0.381 e. The number of halogens is 1. The fourth-order valence-electron chi connectivity index (χ4n) is 5.77. The van der Waals surface area contributed by atoms with E-state index in [0.717, 1.165) is 57.2 Å². The summed E-state index contributed by atoms with van der Waals surface area (Å²) in [6, 6.07) is 17.4. The predicted octanol–water partition coefficient (Wildman–Crippen LogP) is 5.09. The largest absolute Gasteiger partial charge is 0.381 e. The molecule has 2 saturated heterocycles. The zero-order valence-electron chi connectivity index (χ0n) is 20.3. The summed E-state index contributed by atoms with van der Waals surface area (Å²) in [6.45, 7) is 1.35. The van der Waals surface area contributed by atoms with Crippen LogP contribution in [0.3, 0.4) is 0 Å².